The first-order valence-electron chi connectivity index (χ1n) is 7.06. The maximum atomic E-state index is 14.1. The number of aromatic nitrogens is 2. The van der Waals surface area contributed by atoms with E-state index in [1.165, 1.54) is 0 Å². The van der Waals surface area contributed by atoms with E-state index in [9.17, 15) is 4.39 Å². The van der Waals surface area contributed by atoms with Crippen molar-refractivity contribution in [1.82, 2.24) is 15.3 Å². The normalized spacial score (nSPS) is 12.4. The predicted octanol–water partition coefficient (Wildman–Crippen LogP) is 3.86. The number of benzene rings is 1. The van der Waals surface area contributed by atoms with Crippen molar-refractivity contribution in [2.75, 3.05) is 6.54 Å². The molecule has 1 heterocycles. The summed E-state index contributed by atoms with van der Waals surface area (Å²) in [5, 5.41) is 3.54. The van der Waals surface area contributed by atoms with Gasteiger partial charge in [0.25, 0.3) is 0 Å². The summed E-state index contributed by atoms with van der Waals surface area (Å²) in [6, 6.07) is 4.99. The summed E-state index contributed by atoms with van der Waals surface area (Å²) in [7, 11) is 0. The fourth-order valence-corrected chi connectivity index (χ4v) is 2.30. The second-order valence-electron chi connectivity index (χ2n) is 5.01. The lowest BCUT2D eigenvalue weighted by Crippen LogP contribution is -2.25. The van der Waals surface area contributed by atoms with Crippen molar-refractivity contribution in [3.8, 4) is 0 Å². The fourth-order valence-electron chi connectivity index (χ4n) is 2.11. The van der Waals surface area contributed by atoms with Crippen LogP contribution in [0.2, 0.25) is 5.02 Å². The molecule has 1 atom stereocenters. The van der Waals surface area contributed by atoms with Crippen LogP contribution in [0.25, 0.3) is 0 Å². The van der Waals surface area contributed by atoms with Crippen molar-refractivity contribution in [3.05, 3.63) is 58.4 Å². The van der Waals surface area contributed by atoms with Crippen molar-refractivity contribution >= 4 is 11.6 Å². The van der Waals surface area contributed by atoms with Gasteiger partial charge in [-0.3, -0.25) is 9.97 Å². The second kappa shape index (κ2) is 7.48. The number of hydrogen-bond acceptors (Lipinski definition) is 3. The zero-order chi connectivity index (χ0) is 15.2. The highest BCUT2D eigenvalue weighted by Crippen LogP contribution is 2.23. The SMILES string of the molecule is CCCNC(Cc1cccc(Cl)c1F)c1cnc(C)cn1. The second-order valence-corrected chi connectivity index (χ2v) is 5.41. The largest absolute Gasteiger partial charge is 0.308 e. The lowest BCUT2D eigenvalue weighted by atomic mass is 10.0. The minimum absolute atomic E-state index is 0.0778. The molecule has 0 saturated heterocycles. The topological polar surface area (TPSA) is 37.8 Å². The summed E-state index contributed by atoms with van der Waals surface area (Å²) >= 11 is 5.85. The van der Waals surface area contributed by atoms with E-state index in [1.54, 1.807) is 30.6 Å². The Labute approximate surface area is 129 Å². The van der Waals surface area contributed by atoms with Crippen LogP contribution >= 0.6 is 11.6 Å². The Morgan fingerprint density at radius 1 is 1.29 bits per heavy atom. The van der Waals surface area contributed by atoms with Crippen LogP contribution in [-0.2, 0) is 6.42 Å². The lowest BCUT2D eigenvalue weighted by molar-refractivity contribution is 0.501. The van der Waals surface area contributed by atoms with E-state index < -0.39 is 0 Å². The Morgan fingerprint density at radius 3 is 2.76 bits per heavy atom. The van der Waals surface area contributed by atoms with Gasteiger partial charge in [-0.2, -0.15) is 0 Å². The van der Waals surface area contributed by atoms with Gasteiger partial charge in [0.05, 0.1) is 28.6 Å². The van der Waals surface area contributed by atoms with Crippen LogP contribution < -0.4 is 5.32 Å². The summed E-state index contributed by atoms with van der Waals surface area (Å²) in [6.45, 7) is 4.81. The van der Waals surface area contributed by atoms with E-state index in [0.29, 0.717) is 12.0 Å². The van der Waals surface area contributed by atoms with Crippen LogP contribution in [0.4, 0.5) is 4.39 Å². The zero-order valence-electron chi connectivity index (χ0n) is 12.2. The number of rotatable bonds is 6. The van der Waals surface area contributed by atoms with Gasteiger partial charge in [-0.15, -0.1) is 0 Å². The molecule has 3 nitrogen and oxygen atoms in total. The van der Waals surface area contributed by atoms with E-state index in [2.05, 4.69) is 22.2 Å². The molecule has 0 spiro atoms. The minimum Gasteiger partial charge on any atom is -0.308 e. The highest BCUT2D eigenvalue weighted by Gasteiger charge is 2.16. The molecule has 112 valence electrons. The van der Waals surface area contributed by atoms with Crippen molar-refractivity contribution in [2.24, 2.45) is 0 Å². The molecular formula is C16H19ClFN3. The first-order valence-corrected chi connectivity index (χ1v) is 7.44. The lowest BCUT2D eigenvalue weighted by Gasteiger charge is -2.18. The predicted molar refractivity (Wildman–Crippen MR) is 82.9 cm³/mol. The molecule has 0 aliphatic rings. The van der Waals surface area contributed by atoms with Gasteiger partial charge in [-0.05, 0) is 37.9 Å². The Morgan fingerprint density at radius 2 is 2.10 bits per heavy atom. The summed E-state index contributed by atoms with van der Waals surface area (Å²) in [5.74, 6) is -0.359. The van der Waals surface area contributed by atoms with Gasteiger partial charge in [0, 0.05) is 6.20 Å². The van der Waals surface area contributed by atoms with Gasteiger partial charge < -0.3 is 5.32 Å². The summed E-state index contributed by atoms with van der Waals surface area (Å²) < 4.78 is 14.1. The summed E-state index contributed by atoms with van der Waals surface area (Å²) in [4.78, 5) is 8.67. The molecule has 1 N–H and O–H groups in total. The Bertz CT molecular complexity index is 587. The Balaban J connectivity index is 2.23. The van der Waals surface area contributed by atoms with Crippen molar-refractivity contribution in [3.63, 3.8) is 0 Å². The maximum Gasteiger partial charge on any atom is 0.145 e. The molecular weight excluding hydrogens is 289 g/mol. The highest BCUT2D eigenvalue weighted by atomic mass is 35.5. The van der Waals surface area contributed by atoms with Gasteiger partial charge in [-0.1, -0.05) is 30.7 Å². The number of hydrogen-bond donors (Lipinski definition) is 1. The van der Waals surface area contributed by atoms with Crippen LogP contribution in [-0.4, -0.2) is 16.5 Å². The van der Waals surface area contributed by atoms with E-state index in [0.717, 1.165) is 24.4 Å². The molecule has 0 aliphatic carbocycles. The van der Waals surface area contributed by atoms with Crippen LogP contribution in [0, 0.1) is 12.7 Å². The van der Waals surface area contributed by atoms with Gasteiger partial charge in [0.1, 0.15) is 5.82 Å². The van der Waals surface area contributed by atoms with Gasteiger partial charge in [-0.25, -0.2) is 4.39 Å². The molecule has 0 amide bonds. The van der Waals surface area contributed by atoms with Gasteiger partial charge >= 0.3 is 0 Å². The van der Waals surface area contributed by atoms with E-state index in [4.69, 9.17) is 11.6 Å². The average molecular weight is 308 g/mol. The Hall–Kier alpha value is -1.52. The number of halogens is 2. The van der Waals surface area contributed by atoms with Crippen LogP contribution in [0.1, 0.15) is 36.3 Å². The molecule has 1 unspecified atom stereocenters. The Kier molecular flexibility index (Phi) is 5.65. The molecule has 5 heteroatoms. The monoisotopic (exact) mass is 307 g/mol. The van der Waals surface area contributed by atoms with E-state index in [1.807, 2.05) is 6.92 Å². The van der Waals surface area contributed by atoms with E-state index in [-0.39, 0.29) is 16.9 Å². The molecule has 0 radical (unpaired) electrons. The van der Waals surface area contributed by atoms with Gasteiger partial charge in [0.2, 0.25) is 0 Å². The summed E-state index contributed by atoms with van der Waals surface area (Å²) in [5.41, 5.74) is 2.26. The molecule has 1 aromatic heterocycles. The molecule has 2 aromatic rings. The standard InChI is InChI=1S/C16H19ClFN3/c1-3-7-19-14(15-10-20-11(2)9-21-15)8-12-5-4-6-13(17)16(12)18/h4-6,9-10,14,19H,3,7-8H2,1-2H3. The van der Waals surface area contributed by atoms with Crippen LogP contribution in [0.3, 0.4) is 0 Å². The van der Waals surface area contributed by atoms with Crippen molar-refractivity contribution in [1.29, 1.82) is 0 Å². The van der Waals surface area contributed by atoms with Crippen molar-refractivity contribution in [2.45, 2.75) is 32.7 Å². The molecule has 0 aliphatic heterocycles. The third-order valence-corrected chi connectivity index (χ3v) is 3.55. The zero-order valence-corrected chi connectivity index (χ0v) is 13.0. The van der Waals surface area contributed by atoms with E-state index >= 15 is 0 Å². The quantitative estimate of drug-likeness (QED) is 0.880. The molecule has 21 heavy (non-hydrogen) atoms. The molecule has 0 saturated carbocycles. The number of nitrogens with one attached hydrogen (secondary N) is 1. The number of aryl methyl sites for hydroxylation is 1. The summed E-state index contributed by atoms with van der Waals surface area (Å²) in [6.07, 6.45) is 4.95. The number of nitrogens with zero attached hydrogens (tertiary/aromatic N) is 2. The first-order chi connectivity index (χ1) is 10.1. The molecule has 1 aromatic carbocycles. The molecule has 0 bridgehead atoms. The van der Waals surface area contributed by atoms with Crippen molar-refractivity contribution < 1.29 is 4.39 Å². The highest BCUT2D eigenvalue weighted by molar-refractivity contribution is 6.30. The molecule has 0 fully saturated rings. The third kappa shape index (κ3) is 4.22. The van der Waals surface area contributed by atoms with Crippen LogP contribution in [0.15, 0.2) is 30.6 Å². The van der Waals surface area contributed by atoms with Crippen LogP contribution in [0.5, 0.6) is 0 Å². The minimum atomic E-state index is -0.359. The maximum absolute atomic E-state index is 14.1. The molecule has 2 rings (SSSR count). The fraction of sp³-hybridized carbons (Fsp3) is 0.375. The smallest absolute Gasteiger partial charge is 0.145 e. The average Bonchev–Trinajstić information content (AvgIpc) is 2.49. The third-order valence-electron chi connectivity index (χ3n) is 3.25. The van der Waals surface area contributed by atoms with Gasteiger partial charge in [0.15, 0.2) is 0 Å². The first kappa shape index (κ1) is 15.9.